The van der Waals surface area contributed by atoms with E-state index < -0.39 is 0 Å². The SMILES string of the molecule is CC(C)CNC(=O)Cn1cnnn1. The third-order valence-corrected chi connectivity index (χ3v) is 1.40. The first-order valence-electron chi connectivity index (χ1n) is 4.16. The van der Waals surface area contributed by atoms with E-state index in [2.05, 4.69) is 20.8 Å². The van der Waals surface area contributed by atoms with Gasteiger partial charge in [-0.1, -0.05) is 13.8 Å². The lowest BCUT2D eigenvalue weighted by molar-refractivity contribution is -0.122. The molecule has 0 aliphatic carbocycles. The highest BCUT2D eigenvalue weighted by atomic mass is 16.2. The molecule has 0 aromatic carbocycles. The summed E-state index contributed by atoms with van der Waals surface area (Å²) in [5.41, 5.74) is 0. The smallest absolute Gasteiger partial charge is 0.241 e. The fourth-order valence-corrected chi connectivity index (χ4v) is 0.774. The zero-order valence-corrected chi connectivity index (χ0v) is 7.77. The molecule has 0 bridgehead atoms. The summed E-state index contributed by atoms with van der Waals surface area (Å²) in [6.07, 6.45) is 1.41. The molecule has 0 fully saturated rings. The van der Waals surface area contributed by atoms with Gasteiger partial charge in [0, 0.05) is 6.54 Å². The lowest BCUT2D eigenvalue weighted by Gasteiger charge is -2.06. The highest BCUT2D eigenvalue weighted by molar-refractivity contribution is 5.75. The number of amides is 1. The number of carbonyl (C=O) groups is 1. The Labute approximate surface area is 76.3 Å². The van der Waals surface area contributed by atoms with Crippen molar-refractivity contribution >= 4 is 5.91 Å². The zero-order valence-electron chi connectivity index (χ0n) is 7.77. The number of hydrogen-bond donors (Lipinski definition) is 1. The number of tetrazole rings is 1. The fraction of sp³-hybridized carbons (Fsp3) is 0.714. The summed E-state index contributed by atoms with van der Waals surface area (Å²) < 4.78 is 1.38. The average Bonchev–Trinajstić information content (AvgIpc) is 2.53. The summed E-state index contributed by atoms with van der Waals surface area (Å²) >= 11 is 0. The summed E-state index contributed by atoms with van der Waals surface area (Å²) in [5, 5.41) is 13.2. The fourth-order valence-electron chi connectivity index (χ4n) is 0.774. The molecule has 1 heterocycles. The van der Waals surface area contributed by atoms with E-state index in [1.807, 2.05) is 13.8 Å². The Balaban J connectivity index is 2.26. The van der Waals surface area contributed by atoms with Gasteiger partial charge in [-0.2, -0.15) is 0 Å². The molecule has 0 saturated heterocycles. The Morgan fingerprint density at radius 1 is 1.62 bits per heavy atom. The van der Waals surface area contributed by atoms with Crippen molar-refractivity contribution in [3.63, 3.8) is 0 Å². The van der Waals surface area contributed by atoms with Crippen LogP contribution in [0.15, 0.2) is 6.33 Å². The molecule has 6 nitrogen and oxygen atoms in total. The van der Waals surface area contributed by atoms with Crippen molar-refractivity contribution in [1.82, 2.24) is 25.5 Å². The van der Waals surface area contributed by atoms with Crippen LogP contribution >= 0.6 is 0 Å². The first-order valence-corrected chi connectivity index (χ1v) is 4.16. The van der Waals surface area contributed by atoms with Crippen LogP contribution in [0, 0.1) is 5.92 Å². The Hall–Kier alpha value is -1.46. The molecule has 0 spiro atoms. The van der Waals surface area contributed by atoms with Crippen LogP contribution in [0.1, 0.15) is 13.8 Å². The molecule has 0 unspecified atom stereocenters. The van der Waals surface area contributed by atoms with Crippen LogP contribution in [-0.4, -0.2) is 32.7 Å². The maximum atomic E-state index is 11.2. The van der Waals surface area contributed by atoms with E-state index in [-0.39, 0.29) is 12.5 Å². The first-order chi connectivity index (χ1) is 6.18. The first kappa shape index (κ1) is 9.63. The van der Waals surface area contributed by atoms with E-state index in [1.54, 1.807) is 0 Å². The van der Waals surface area contributed by atoms with E-state index in [4.69, 9.17) is 0 Å². The number of nitrogens with zero attached hydrogens (tertiary/aromatic N) is 4. The van der Waals surface area contributed by atoms with Crippen molar-refractivity contribution in [2.45, 2.75) is 20.4 Å². The van der Waals surface area contributed by atoms with Crippen LogP contribution in [0.2, 0.25) is 0 Å². The van der Waals surface area contributed by atoms with Crippen molar-refractivity contribution in [1.29, 1.82) is 0 Å². The Kier molecular flexibility index (Phi) is 3.36. The predicted molar refractivity (Wildman–Crippen MR) is 45.7 cm³/mol. The summed E-state index contributed by atoms with van der Waals surface area (Å²) in [6.45, 7) is 4.94. The van der Waals surface area contributed by atoms with Crippen LogP contribution in [0.25, 0.3) is 0 Å². The summed E-state index contributed by atoms with van der Waals surface area (Å²) in [4.78, 5) is 11.2. The van der Waals surface area contributed by atoms with Crippen LogP contribution in [0.5, 0.6) is 0 Å². The van der Waals surface area contributed by atoms with Gasteiger partial charge in [0.1, 0.15) is 12.9 Å². The summed E-state index contributed by atoms with van der Waals surface area (Å²) in [6, 6.07) is 0. The molecular weight excluding hydrogens is 170 g/mol. The minimum Gasteiger partial charge on any atom is -0.354 e. The highest BCUT2D eigenvalue weighted by Crippen LogP contribution is 1.87. The largest absolute Gasteiger partial charge is 0.354 e. The predicted octanol–water partition coefficient (Wildman–Crippen LogP) is -0.555. The molecule has 72 valence electrons. The maximum Gasteiger partial charge on any atom is 0.241 e. The molecule has 1 aromatic heterocycles. The van der Waals surface area contributed by atoms with Gasteiger partial charge < -0.3 is 5.32 Å². The molecule has 1 amide bonds. The van der Waals surface area contributed by atoms with Crippen molar-refractivity contribution in [3.05, 3.63) is 6.33 Å². The van der Waals surface area contributed by atoms with Crippen molar-refractivity contribution in [2.75, 3.05) is 6.54 Å². The van der Waals surface area contributed by atoms with Gasteiger partial charge >= 0.3 is 0 Å². The van der Waals surface area contributed by atoms with Gasteiger partial charge in [0.15, 0.2) is 0 Å². The third-order valence-electron chi connectivity index (χ3n) is 1.40. The quantitative estimate of drug-likeness (QED) is 0.679. The number of hydrogen-bond acceptors (Lipinski definition) is 4. The standard InChI is InChI=1S/C7H13N5O/c1-6(2)3-8-7(13)4-12-5-9-10-11-12/h5-6H,3-4H2,1-2H3,(H,8,13). The van der Waals surface area contributed by atoms with E-state index in [0.29, 0.717) is 12.5 Å². The van der Waals surface area contributed by atoms with Gasteiger partial charge in [-0.3, -0.25) is 4.79 Å². The van der Waals surface area contributed by atoms with Gasteiger partial charge in [-0.25, -0.2) is 4.68 Å². The molecule has 0 aliphatic rings. The second-order valence-electron chi connectivity index (χ2n) is 3.21. The van der Waals surface area contributed by atoms with E-state index >= 15 is 0 Å². The monoisotopic (exact) mass is 183 g/mol. The van der Waals surface area contributed by atoms with Crippen LogP contribution in [0.3, 0.4) is 0 Å². The Morgan fingerprint density at radius 2 is 2.38 bits per heavy atom. The lowest BCUT2D eigenvalue weighted by Crippen LogP contribution is -2.30. The van der Waals surface area contributed by atoms with Gasteiger partial charge in [-0.15, -0.1) is 5.10 Å². The molecule has 0 aliphatic heterocycles. The van der Waals surface area contributed by atoms with Crippen molar-refractivity contribution in [3.8, 4) is 0 Å². The molecule has 13 heavy (non-hydrogen) atoms. The van der Waals surface area contributed by atoms with Gasteiger partial charge in [0.25, 0.3) is 0 Å². The van der Waals surface area contributed by atoms with Crippen LogP contribution < -0.4 is 5.32 Å². The van der Waals surface area contributed by atoms with Crippen LogP contribution in [0.4, 0.5) is 0 Å². The number of nitrogens with one attached hydrogen (secondary N) is 1. The van der Waals surface area contributed by atoms with Crippen LogP contribution in [-0.2, 0) is 11.3 Å². The van der Waals surface area contributed by atoms with E-state index in [0.717, 1.165) is 0 Å². The molecule has 6 heteroatoms. The normalized spacial score (nSPS) is 10.4. The average molecular weight is 183 g/mol. The molecular formula is C7H13N5O. The Bertz CT molecular complexity index is 256. The minimum absolute atomic E-state index is 0.0685. The van der Waals surface area contributed by atoms with E-state index in [9.17, 15) is 4.79 Å². The molecule has 0 radical (unpaired) electrons. The van der Waals surface area contributed by atoms with Gasteiger partial charge in [0.2, 0.25) is 5.91 Å². The molecule has 0 atom stereocenters. The lowest BCUT2D eigenvalue weighted by atomic mass is 10.2. The molecule has 1 N–H and O–H groups in total. The number of carbonyl (C=O) groups excluding carboxylic acids is 1. The zero-order chi connectivity index (χ0) is 9.68. The van der Waals surface area contributed by atoms with Crippen molar-refractivity contribution in [2.24, 2.45) is 5.92 Å². The maximum absolute atomic E-state index is 11.2. The second-order valence-corrected chi connectivity index (χ2v) is 3.21. The minimum atomic E-state index is -0.0685. The number of aromatic nitrogens is 4. The summed E-state index contributed by atoms with van der Waals surface area (Å²) in [7, 11) is 0. The molecule has 0 saturated carbocycles. The summed E-state index contributed by atoms with van der Waals surface area (Å²) in [5.74, 6) is 0.388. The Morgan fingerprint density at radius 3 is 2.92 bits per heavy atom. The topological polar surface area (TPSA) is 72.7 Å². The molecule has 1 aromatic rings. The van der Waals surface area contributed by atoms with Gasteiger partial charge in [0.05, 0.1) is 0 Å². The third kappa shape index (κ3) is 3.64. The van der Waals surface area contributed by atoms with Gasteiger partial charge in [-0.05, 0) is 16.3 Å². The second kappa shape index (κ2) is 4.54. The number of rotatable bonds is 4. The van der Waals surface area contributed by atoms with E-state index in [1.165, 1.54) is 11.0 Å². The molecule has 1 rings (SSSR count). The van der Waals surface area contributed by atoms with Crippen molar-refractivity contribution < 1.29 is 4.79 Å². The highest BCUT2D eigenvalue weighted by Gasteiger charge is 2.03.